The van der Waals surface area contributed by atoms with Crippen molar-refractivity contribution in [2.24, 2.45) is 0 Å². The van der Waals surface area contributed by atoms with Crippen LogP contribution in [0.4, 0.5) is 10.7 Å². The maximum absolute atomic E-state index is 11.7. The number of imidazole rings is 1. The number of carbonyl (C=O) groups excluding carboxylic acids is 1. The van der Waals surface area contributed by atoms with Crippen molar-refractivity contribution in [3.05, 3.63) is 12.4 Å². The van der Waals surface area contributed by atoms with Gasteiger partial charge in [0, 0.05) is 27.1 Å². The van der Waals surface area contributed by atoms with Crippen molar-refractivity contribution < 1.29 is 14.3 Å². The molecule has 1 heterocycles. The molecule has 0 atom stereocenters. The van der Waals surface area contributed by atoms with Crippen LogP contribution in [0, 0.1) is 0 Å². The zero-order valence-corrected chi connectivity index (χ0v) is 14.9. The highest BCUT2D eigenvalue weighted by atomic mass is 28.3. The van der Waals surface area contributed by atoms with E-state index in [4.69, 9.17) is 9.47 Å². The summed E-state index contributed by atoms with van der Waals surface area (Å²) in [4.78, 5) is 15.8. The molecule has 0 aliphatic carbocycles. The number of ether oxygens (including phenoxy) is 2. The van der Waals surface area contributed by atoms with E-state index in [0.717, 1.165) is 12.7 Å². The van der Waals surface area contributed by atoms with E-state index in [1.54, 1.807) is 17.0 Å². The maximum Gasteiger partial charge on any atom is 0.414 e. The molecule has 0 aromatic carbocycles. The Morgan fingerprint density at radius 2 is 2.05 bits per heavy atom. The lowest BCUT2D eigenvalue weighted by Crippen LogP contribution is -2.28. The van der Waals surface area contributed by atoms with Crippen molar-refractivity contribution in [3.8, 4) is 0 Å². The van der Waals surface area contributed by atoms with Crippen molar-refractivity contribution in [2.45, 2.75) is 58.8 Å². The molecule has 6 nitrogen and oxygen atoms in total. The molecule has 0 radical (unpaired) electrons. The van der Waals surface area contributed by atoms with E-state index in [2.05, 4.69) is 29.9 Å². The molecule has 0 spiro atoms. The zero-order valence-electron chi connectivity index (χ0n) is 13.9. The fourth-order valence-corrected chi connectivity index (χ4v) is 2.23. The van der Waals surface area contributed by atoms with Crippen LogP contribution in [-0.2, 0) is 16.2 Å². The summed E-state index contributed by atoms with van der Waals surface area (Å²) in [5.41, 5.74) is -0.532. The van der Waals surface area contributed by atoms with Gasteiger partial charge >= 0.3 is 6.09 Å². The van der Waals surface area contributed by atoms with Crippen molar-refractivity contribution >= 4 is 20.1 Å². The fourth-order valence-electron chi connectivity index (χ4n) is 1.47. The van der Waals surface area contributed by atoms with Gasteiger partial charge in [-0.05, 0) is 26.8 Å². The third-order valence-corrected chi connectivity index (χ3v) is 4.26. The number of hydrogen-bond donors (Lipinski definition) is 1. The Morgan fingerprint density at radius 1 is 1.38 bits per heavy atom. The second-order valence-corrected chi connectivity index (χ2v) is 12.8. The molecule has 1 amide bonds. The van der Waals surface area contributed by atoms with Gasteiger partial charge in [-0.1, -0.05) is 19.6 Å². The molecule has 7 heteroatoms. The van der Waals surface area contributed by atoms with Crippen LogP contribution in [0.25, 0.3) is 0 Å². The van der Waals surface area contributed by atoms with Gasteiger partial charge in [-0.15, -0.1) is 0 Å². The molecule has 0 aliphatic rings. The van der Waals surface area contributed by atoms with E-state index in [0.29, 0.717) is 12.7 Å². The summed E-state index contributed by atoms with van der Waals surface area (Å²) in [5.74, 6) is 0.428. The average Bonchev–Trinajstić information content (AvgIpc) is 2.68. The number of nitrogens with zero attached hydrogens (tertiary/aromatic N) is 2. The molecule has 0 saturated heterocycles. The Kier molecular flexibility index (Phi) is 5.97. The first-order valence-electron chi connectivity index (χ1n) is 7.16. The first-order valence-corrected chi connectivity index (χ1v) is 10.9. The van der Waals surface area contributed by atoms with Gasteiger partial charge in [-0.3, -0.25) is 9.88 Å². The van der Waals surface area contributed by atoms with E-state index in [1.807, 2.05) is 20.8 Å². The molecule has 21 heavy (non-hydrogen) atoms. The Bertz CT molecular complexity index is 461. The highest BCUT2D eigenvalue weighted by molar-refractivity contribution is 6.76. The van der Waals surface area contributed by atoms with E-state index < -0.39 is 19.8 Å². The SMILES string of the molecule is CC(C)(C)OC(=O)Nc1nccn1COCC[Si](C)(C)C. The Labute approximate surface area is 127 Å². The fraction of sp³-hybridized carbons (Fsp3) is 0.714. The molecular weight excluding hydrogens is 286 g/mol. The van der Waals surface area contributed by atoms with Gasteiger partial charge in [0.25, 0.3) is 0 Å². The lowest BCUT2D eigenvalue weighted by Gasteiger charge is -2.20. The van der Waals surface area contributed by atoms with Crippen molar-refractivity contribution in [3.63, 3.8) is 0 Å². The molecule has 1 aromatic rings. The molecule has 120 valence electrons. The highest BCUT2D eigenvalue weighted by Gasteiger charge is 2.18. The lowest BCUT2D eigenvalue weighted by molar-refractivity contribution is 0.0628. The second-order valence-electron chi connectivity index (χ2n) is 7.20. The number of amides is 1. The van der Waals surface area contributed by atoms with Gasteiger partial charge in [-0.2, -0.15) is 0 Å². The Hall–Kier alpha value is -1.34. The third-order valence-electron chi connectivity index (χ3n) is 2.56. The molecule has 0 saturated carbocycles. The molecule has 1 rings (SSSR count). The molecule has 0 unspecified atom stereocenters. The quantitative estimate of drug-likeness (QED) is 0.644. The van der Waals surface area contributed by atoms with E-state index in [9.17, 15) is 4.79 Å². The van der Waals surface area contributed by atoms with Gasteiger partial charge in [-0.25, -0.2) is 9.78 Å². The van der Waals surface area contributed by atoms with Gasteiger partial charge < -0.3 is 9.47 Å². The summed E-state index contributed by atoms with van der Waals surface area (Å²) >= 11 is 0. The van der Waals surface area contributed by atoms with Gasteiger partial charge in [0.05, 0.1) is 0 Å². The molecule has 0 fully saturated rings. The minimum absolute atomic E-state index is 0.371. The summed E-state index contributed by atoms with van der Waals surface area (Å²) in [6.07, 6.45) is 2.87. The lowest BCUT2D eigenvalue weighted by atomic mass is 10.2. The predicted octanol–water partition coefficient (Wildman–Crippen LogP) is 3.54. The molecule has 0 aliphatic heterocycles. The normalized spacial score (nSPS) is 12.3. The number of carbonyl (C=O) groups is 1. The number of hydrogen-bond acceptors (Lipinski definition) is 4. The monoisotopic (exact) mass is 313 g/mol. The number of anilines is 1. The summed E-state index contributed by atoms with van der Waals surface area (Å²) < 4.78 is 12.6. The maximum atomic E-state index is 11.7. The number of aromatic nitrogens is 2. The molecule has 1 N–H and O–H groups in total. The second kappa shape index (κ2) is 7.08. The molecule has 0 bridgehead atoms. The summed E-state index contributed by atoms with van der Waals surface area (Å²) in [7, 11) is -1.09. The summed E-state index contributed by atoms with van der Waals surface area (Å²) in [6, 6.07) is 1.11. The first kappa shape index (κ1) is 17.7. The smallest absolute Gasteiger partial charge is 0.414 e. The number of rotatable bonds is 6. The minimum Gasteiger partial charge on any atom is -0.444 e. The van der Waals surface area contributed by atoms with Crippen molar-refractivity contribution in [1.82, 2.24) is 9.55 Å². The van der Waals surface area contributed by atoms with Crippen LogP contribution in [0.5, 0.6) is 0 Å². The highest BCUT2D eigenvalue weighted by Crippen LogP contribution is 2.12. The Morgan fingerprint density at radius 3 is 2.62 bits per heavy atom. The zero-order chi connectivity index (χ0) is 16.1. The topological polar surface area (TPSA) is 65.4 Å². The largest absolute Gasteiger partial charge is 0.444 e. The van der Waals surface area contributed by atoms with Gasteiger partial charge in [0.2, 0.25) is 5.95 Å². The standard InChI is InChI=1S/C14H27N3O3Si/c1-14(2,3)20-13(18)16-12-15-7-8-17(12)11-19-9-10-21(4,5)6/h7-8H,9-11H2,1-6H3,(H,15,16,18). The van der Waals surface area contributed by atoms with Crippen LogP contribution in [0.3, 0.4) is 0 Å². The Balaban J connectivity index is 2.45. The predicted molar refractivity (Wildman–Crippen MR) is 86.2 cm³/mol. The van der Waals surface area contributed by atoms with Gasteiger partial charge in [0.15, 0.2) is 0 Å². The molecular formula is C14H27N3O3Si. The van der Waals surface area contributed by atoms with E-state index >= 15 is 0 Å². The van der Waals surface area contributed by atoms with Gasteiger partial charge in [0.1, 0.15) is 12.3 Å². The third kappa shape index (κ3) is 7.86. The molecule has 1 aromatic heterocycles. The number of nitrogens with one attached hydrogen (secondary N) is 1. The van der Waals surface area contributed by atoms with E-state index in [1.165, 1.54) is 0 Å². The summed E-state index contributed by atoms with van der Waals surface area (Å²) in [6.45, 7) is 13.5. The minimum atomic E-state index is -1.09. The summed E-state index contributed by atoms with van der Waals surface area (Å²) in [5, 5.41) is 2.62. The van der Waals surface area contributed by atoms with Crippen LogP contribution in [0.15, 0.2) is 12.4 Å². The van der Waals surface area contributed by atoms with Crippen molar-refractivity contribution in [1.29, 1.82) is 0 Å². The average molecular weight is 313 g/mol. The van der Waals surface area contributed by atoms with Crippen LogP contribution in [0.1, 0.15) is 20.8 Å². The van der Waals surface area contributed by atoms with Crippen LogP contribution in [-0.4, -0.2) is 35.9 Å². The van der Waals surface area contributed by atoms with Crippen LogP contribution in [0.2, 0.25) is 25.7 Å². The van der Waals surface area contributed by atoms with E-state index in [-0.39, 0.29) is 0 Å². The van der Waals surface area contributed by atoms with Crippen molar-refractivity contribution in [2.75, 3.05) is 11.9 Å². The first-order chi connectivity index (χ1) is 9.57. The van der Waals surface area contributed by atoms with Crippen LogP contribution >= 0.6 is 0 Å². The van der Waals surface area contributed by atoms with Crippen LogP contribution < -0.4 is 5.32 Å².